The van der Waals surface area contributed by atoms with Crippen LogP contribution in [-0.4, -0.2) is 10.2 Å². The second-order valence-corrected chi connectivity index (χ2v) is 4.20. The fraction of sp³-hybridized carbons (Fsp3) is 0.0714. The van der Waals surface area contributed by atoms with Crippen LogP contribution in [0.25, 0.3) is 5.69 Å². The highest BCUT2D eigenvalue weighted by molar-refractivity contribution is 5.72. The Bertz CT molecular complexity index is 812. The van der Waals surface area contributed by atoms with E-state index in [1.54, 1.807) is 35.0 Å². The fourth-order valence-electron chi connectivity index (χ4n) is 2.23. The molecule has 0 radical (unpaired) electrons. The molecular formula is C14H8N3O3+. The Morgan fingerprint density at radius 1 is 1.10 bits per heavy atom. The maximum Gasteiger partial charge on any atom is 0.300 e. The number of pyridine rings is 1. The Morgan fingerprint density at radius 3 is 2.50 bits per heavy atom. The molecule has 0 saturated heterocycles. The monoisotopic (exact) mass is 266 g/mol. The van der Waals surface area contributed by atoms with E-state index in [1.807, 2.05) is 6.07 Å². The molecule has 0 fully saturated rings. The van der Waals surface area contributed by atoms with Crippen molar-refractivity contribution in [3.63, 3.8) is 0 Å². The number of ether oxygens (including phenoxy) is 1. The molecule has 2 heterocycles. The van der Waals surface area contributed by atoms with Crippen LogP contribution in [0.5, 0.6) is 17.2 Å². The van der Waals surface area contributed by atoms with Gasteiger partial charge in [-0.05, 0) is 6.07 Å². The topological polar surface area (TPSA) is 101 Å². The minimum atomic E-state index is -0.432. The molecule has 2 aromatic rings. The van der Waals surface area contributed by atoms with Crippen molar-refractivity contribution in [3.8, 4) is 35.1 Å². The lowest BCUT2D eigenvalue weighted by Gasteiger charge is -2.17. The maximum atomic E-state index is 10.2. The third-order valence-electron chi connectivity index (χ3n) is 3.15. The Balaban J connectivity index is 2.46. The van der Waals surface area contributed by atoms with Crippen LogP contribution in [0.2, 0.25) is 0 Å². The van der Waals surface area contributed by atoms with Crippen LogP contribution in [0.15, 0.2) is 24.4 Å². The Hall–Kier alpha value is -3.25. The van der Waals surface area contributed by atoms with Gasteiger partial charge >= 0.3 is 5.69 Å². The lowest BCUT2D eigenvalue weighted by atomic mass is 10.0. The Labute approximate surface area is 113 Å². The predicted molar refractivity (Wildman–Crippen MR) is 65.1 cm³/mol. The predicted octanol–water partition coefficient (Wildman–Crippen LogP) is 1.01. The van der Waals surface area contributed by atoms with Crippen molar-refractivity contribution in [2.45, 2.75) is 6.61 Å². The van der Waals surface area contributed by atoms with Crippen molar-refractivity contribution >= 4 is 0 Å². The van der Waals surface area contributed by atoms with Gasteiger partial charge in [0.05, 0.1) is 0 Å². The van der Waals surface area contributed by atoms with Crippen molar-refractivity contribution in [2.75, 3.05) is 0 Å². The minimum Gasteiger partial charge on any atom is -0.503 e. The standard InChI is InChI=1S/C14H7N3O3/c15-5-9-10(6-16)13(19)14-11(12(9)18)17-4-2-1-3-8(17)7-20-14/h1-4H,7H2,(H-,18,19)/p+1. The largest absolute Gasteiger partial charge is 0.503 e. The van der Waals surface area contributed by atoms with E-state index in [-0.39, 0.29) is 34.9 Å². The lowest BCUT2D eigenvalue weighted by Crippen LogP contribution is -2.39. The van der Waals surface area contributed by atoms with Gasteiger partial charge in [-0.2, -0.15) is 15.1 Å². The minimum absolute atomic E-state index is 0.00162. The number of nitriles is 2. The number of phenolic OH excluding ortho intramolecular Hbond substituents is 2. The van der Waals surface area contributed by atoms with E-state index >= 15 is 0 Å². The van der Waals surface area contributed by atoms with Gasteiger partial charge in [0.1, 0.15) is 23.3 Å². The van der Waals surface area contributed by atoms with Crippen molar-refractivity contribution in [1.29, 1.82) is 10.5 Å². The van der Waals surface area contributed by atoms with E-state index in [0.29, 0.717) is 0 Å². The summed E-state index contributed by atoms with van der Waals surface area (Å²) in [7, 11) is 0. The van der Waals surface area contributed by atoms with E-state index in [0.717, 1.165) is 5.69 Å². The summed E-state index contributed by atoms with van der Waals surface area (Å²) >= 11 is 0. The molecule has 6 heteroatoms. The molecule has 0 saturated carbocycles. The zero-order chi connectivity index (χ0) is 14.3. The van der Waals surface area contributed by atoms with Crippen molar-refractivity contribution in [2.24, 2.45) is 0 Å². The smallest absolute Gasteiger partial charge is 0.300 e. The third-order valence-corrected chi connectivity index (χ3v) is 3.15. The normalized spacial score (nSPS) is 11.5. The molecule has 2 N–H and O–H groups in total. The number of aromatic nitrogens is 1. The van der Waals surface area contributed by atoms with Crippen LogP contribution in [0.3, 0.4) is 0 Å². The van der Waals surface area contributed by atoms with Crippen molar-refractivity contribution in [1.82, 2.24) is 0 Å². The van der Waals surface area contributed by atoms with Gasteiger partial charge in [0.15, 0.2) is 18.6 Å². The number of nitrogens with zero attached hydrogens (tertiary/aromatic N) is 3. The highest BCUT2D eigenvalue weighted by atomic mass is 16.5. The number of fused-ring (bicyclic) bond motifs is 3. The molecule has 0 spiro atoms. The molecule has 0 unspecified atom stereocenters. The third kappa shape index (κ3) is 1.39. The van der Waals surface area contributed by atoms with Crippen LogP contribution in [0.4, 0.5) is 0 Å². The summed E-state index contributed by atoms with van der Waals surface area (Å²) in [6.45, 7) is 0.192. The molecule has 3 rings (SSSR count). The van der Waals surface area contributed by atoms with Crippen LogP contribution in [0, 0.1) is 22.7 Å². The number of aromatic hydroxyl groups is 2. The molecule has 1 aromatic carbocycles. The molecule has 0 amide bonds. The van der Waals surface area contributed by atoms with Gasteiger partial charge in [-0.15, -0.1) is 0 Å². The van der Waals surface area contributed by atoms with E-state index < -0.39 is 5.75 Å². The van der Waals surface area contributed by atoms with Crippen LogP contribution >= 0.6 is 0 Å². The number of benzene rings is 1. The summed E-state index contributed by atoms with van der Waals surface area (Å²) in [4.78, 5) is 0. The van der Waals surface area contributed by atoms with E-state index in [9.17, 15) is 10.2 Å². The molecular weight excluding hydrogens is 258 g/mol. The highest BCUT2D eigenvalue weighted by Crippen LogP contribution is 2.44. The van der Waals surface area contributed by atoms with Gasteiger partial charge in [-0.3, -0.25) is 0 Å². The van der Waals surface area contributed by atoms with Crippen LogP contribution in [-0.2, 0) is 6.61 Å². The second kappa shape index (κ2) is 4.15. The lowest BCUT2D eigenvalue weighted by molar-refractivity contribution is -0.612. The van der Waals surface area contributed by atoms with Gasteiger partial charge < -0.3 is 14.9 Å². The zero-order valence-electron chi connectivity index (χ0n) is 10.2. The van der Waals surface area contributed by atoms with Crippen molar-refractivity contribution < 1.29 is 19.5 Å². The molecule has 1 aliphatic rings. The number of hydrogen-bond acceptors (Lipinski definition) is 5. The van der Waals surface area contributed by atoms with Gasteiger partial charge in [0.2, 0.25) is 17.2 Å². The van der Waals surface area contributed by atoms with Gasteiger partial charge in [-0.1, -0.05) is 0 Å². The van der Waals surface area contributed by atoms with E-state index in [4.69, 9.17) is 15.3 Å². The molecule has 0 bridgehead atoms. The zero-order valence-corrected chi connectivity index (χ0v) is 10.2. The number of hydrogen-bond donors (Lipinski definition) is 2. The average Bonchev–Trinajstić information content (AvgIpc) is 2.49. The molecule has 1 aliphatic heterocycles. The van der Waals surface area contributed by atoms with Gasteiger partial charge in [-0.25, -0.2) is 0 Å². The summed E-state index contributed by atoms with van der Waals surface area (Å²) in [5, 5.41) is 38.4. The highest BCUT2D eigenvalue weighted by Gasteiger charge is 2.36. The molecule has 0 aliphatic carbocycles. The van der Waals surface area contributed by atoms with E-state index in [1.165, 1.54) is 0 Å². The van der Waals surface area contributed by atoms with Crippen molar-refractivity contribution in [3.05, 3.63) is 41.2 Å². The SMILES string of the molecule is N#Cc1c(O)c2c(c(O)c1C#N)-[n+]1ccccc1CO2. The Kier molecular flexibility index (Phi) is 2.45. The van der Waals surface area contributed by atoms with Crippen LogP contribution < -0.4 is 9.30 Å². The second-order valence-electron chi connectivity index (χ2n) is 4.20. The summed E-state index contributed by atoms with van der Waals surface area (Å²) in [5.74, 6) is -0.811. The maximum absolute atomic E-state index is 10.2. The first-order chi connectivity index (χ1) is 9.69. The first-order valence-electron chi connectivity index (χ1n) is 5.73. The molecule has 96 valence electrons. The first kappa shape index (κ1) is 11.8. The fourth-order valence-corrected chi connectivity index (χ4v) is 2.23. The summed E-state index contributed by atoms with van der Waals surface area (Å²) < 4.78 is 7.03. The van der Waals surface area contributed by atoms with Gasteiger partial charge in [0.25, 0.3) is 0 Å². The summed E-state index contributed by atoms with van der Waals surface area (Å²) in [6, 6.07) is 8.80. The molecule has 0 atom stereocenters. The van der Waals surface area contributed by atoms with E-state index in [2.05, 4.69) is 0 Å². The van der Waals surface area contributed by atoms with Crippen LogP contribution in [0.1, 0.15) is 16.8 Å². The number of phenols is 2. The summed E-state index contributed by atoms with van der Waals surface area (Å²) in [5.41, 5.74) is 0.364. The quantitative estimate of drug-likeness (QED) is 0.547. The number of rotatable bonds is 0. The Morgan fingerprint density at radius 2 is 1.80 bits per heavy atom. The average molecular weight is 266 g/mol. The molecule has 20 heavy (non-hydrogen) atoms. The van der Waals surface area contributed by atoms with Gasteiger partial charge in [0, 0.05) is 12.1 Å². The molecule has 1 aromatic heterocycles. The molecule has 6 nitrogen and oxygen atoms in total. The first-order valence-corrected chi connectivity index (χ1v) is 5.73. The summed E-state index contributed by atoms with van der Waals surface area (Å²) in [6.07, 6.45) is 1.68.